The van der Waals surface area contributed by atoms with Gasteiger partial charge in [-0.25, -0.2) is 4.39 Å². The van der Waals surface area contributed by atoms with Gasteiger partial charge in [-0.1, -0.05) is 32.0 Å². The van der Waals surface area contributed by atoms with Gasteiger partial charge in [0.25, 0.3) is 0 Å². The van der Waals surface area contributed by atoms with Crippen molar-refractivity contribution < 1.29 is 4.39 Å². The highest BCUT2D eigenvalue weighted by Gasteiger charge is 2.23. The van der Waals surface area contributed by atoms with Crippen molar-refractivity contribution in [3.8, 4) is 0 Å². The van der Waals surface area contributed by atoms with Crippen molar-refractivity contribution in [3.05, 3.63) is 35.6 Å². The molecule has 102 valence electrons. The van der Waals surface area contributed by atoms with Gasteiger partial charge in [0.05, 0.1) is 0 Å². The fraction of sp³-hybridized carbons (Fsp3) is 0.600. The molecule has 0 bridgehead atoms. The highest BCUT2D eigenvalue weighted by molar-refractivity contribution is 5.17. The summed E-state index contributed by atoms with van der Waals surface area (Å²) in [5.74, 6) is -0.115. The molecule has 1 rings (SSSR count). The molecule has 0 heterocycles. The first-order chi connectivity index (χ1) is 8.50. The highest BCUT2D eigenvalue weighted by Crippen LogP contribution is 2.22. The maximum Gasteiger partial charge on any atom is 0.127 e. The van der Waals surface area contributed by atoms with Crippen molar-refractivity contribution in [1.82, 2.24) is 10.2 Å². The number of hydrogen-bond acceptors (Lipinski definition) is 2. The van der Waals surface area contributed by atoms with Crippen LogP contribution in [0.1, 0.15) is 25.8 Å². The molecule has 18 heavy (non-hydrogen) atoms. The first-order valence-electron chi connectivity index (χ1n) is 6.57. The maximum atomic E-state index is 13.6. The normalized spacial score (nSPS) is 14.8. The molecule has 0 saturated carbocycles. The Labute approximate surface area is 110 Å². The smallest absolute Gasteiger partial charge is 0.127 e. The van der Waals surface area contributed by atoms with Gasteiger partial charge in [0.1, 0.15) is 5.82 Å². The van der Waals surface area contributed by atoms with Crippen LogP contribution in [0.3, 0.4) is 0 Å². The molecule has 0 aliphatic carbocycles. The summed E-state index contributed by atoms with van der Waals surface area (Å²) in [5.41, 5.74) is 0.997. The quantitative estimate of drug-likeness (QED) is 0.802. The molecule has 0 aliphatic heterocycles. The maximum absolute atomic E-state index is 13.6. The van der Waals surface area contributed by atoms with Gasteiger partial charge >= 0.3 is 0 Å². The Balaban J connectivity index is 2.61. The van der Waals surface area contributed by atoms with Gasteiger partial charge in [-0.15, -0.1) is 0 Å². The molecule has 0 aromatic heterocycles. The van der Waals surface area contributed by atoms with Crippen LogP contribution in [-0.4, -0.2) is 32.1 Å². The van der Waals surface area contributed by atoms with Crippen molar-refractivity contribution in [1.29, 1.82) is 0 Å². The molecular formula is C15H25FN2. The van der Waals surface area contributed by atoms with E-state index in [4.69, 9.17) is 0 Å². The van der Waals surface area contributed by atoms with Crippen LogP contribution in [0.4, 0.5) is 4.39 Å². The zero-order valence-corrected chi connectivity index (χ0v) is 12.0. The Morgan fingerprint density at radius 3 is 2.56 bits per heavy atom. The van der Waals surface area contributed by atoms with E-state index in [1.54, 1.807) is 6.07 Å². The standard InChI is InChI=1S/C15H25FN2/c1-5-15(2,11-17-3)12-18(4)10-13-8-6-7-9-14(13)16/h6-9,17H,5,10-12H2,1-4H3. The van der Waals surface area contributed by atoms with Gasteiger partial charge < -0.3 is 10.2 Å². The van der Waals surface area contributed by atoms with Crippen LogP contribution in [0.2, 0.25) is 0 Å². The summed E-state index contributed by atoms with van der Waals surface area (Å²) in [5, 5.41) is 3.24. The second-order valence-electron chi connectivity index (χ2n) is 5.46. The minimum atomic E-state index is -0.115. The van der Waals surface area contributed by atoms with E-state index < -0.39 is 0 Å². The summed E-state index contributed by atoms with van der Waals surface area (Å²) in [4.78, 5) is 2.19. The van der Waals surface area contributed by atoms with Gasteiger partial charge in [-0.05, 0) is 32.0 Å². The average Bonchev–Trinajstić information content (AvgIpc) is 2.32. The van der Waals surface area contributed by atoms with Crippen LogP contribution in [-0.2, 0) is 6.54 Å². The van der Waals surface area contributed by atoms with Gasteiger partial charge in [0.2, 0.25) is 0 Å². The second-order valence-corrected chi connectivity index (χ2v) is 5.46. The third kappa shape index (κ3) is 4.39. The van der Waals surface area contributed by atoms with Crippen molar-refractivity contribution >= 4 is 0 Å². The van der Waals surface area contributed by atoms with Gasteiger partial charge in [-0.2, -0.15) is 0 Å². The average molecular weight is 252 g/mol. The molecule has 1 aromatic carbocycles. The largest absolute Gasteiger partial charge is 0.319 e. The lowest BCUT2D eigenvalue weighted by Crippen LogP contribution is -2.39. The first-order valence-corrected chi connectivity index (χ1v) is 6.57. The molecule has 1 atom stereocenters. The van der Waals surface area contributed by atoms with Crippen LogP contribution >= 0.6 is 0 Å². The van der Waals surface area contributed by atoms with E-state index in [0.29, 0.717) is 6.54 Å². The molecule has 0 aliphatic rings. The van der Waals surface area contributed by atoms with Crippen LogP contribution < -0.4 is 5.32 Å². The Bertz CT molecular complexity index is 367. The second kappa shape index (κ2) is 6.86. The summed E-state index contributed by atoms with van der Waals surface area (Å²) < 4.78 is 13.6. The fourth-order valence-electron chi connectivity index (χ4n) is 2.34. The fourth-order valence-corrected chi connectivity index (χ4v) is 2.34. The molecule has 2 nitrogen and oxygen atoms in total. The van der Waals surface area contributed by atoms with Gasteiger partial charge in [0.15, 0.2) is 0 Å². The minimum Gasteiger partial charge on any atom is -0.319 e. The first kappa shape index (κ1) is 15.1. The third-order valence-electron chi connectivity index (χ3n) is 3.51. The summed E-state index contributed by atoms with van der Waals surface area (Å²) in [6.07, 6.45) is 1.11. The molecule has 3 heteroatoms. The van der Waals surface area contributed by atoms with E-state index in [2.05, 4.69) is 31.1 Å². The summed E-state index contributed by atoms with van der Waals surface area (Å²) in [6, 6.07) is 7.00. The lowest BCUT2D eigenvalue weighted by molar-refractivity contribution is 0.177. The van der Waals surface area contributed by atoms with E-state index >= 15 is 0 Å². The molecule has 0 amide bonds. The van der Waals surface area contributed by atoms with E-state index in [1.165, 1.54) is 6.07 Å². The molecule has 0 radical (unpaired) electrons. The van der Waals surface area contributed by atoms with Gasteiger partial charge in [0, 0.05) is 25.2 Å². The molecule has 1 unspecified atom stereocenters. The van der Waals surface area contributed by atoms with Crippen molar-refractivity contribution in [3.63, 3.8) is 0 Å². The zero-order chi connectivity index (χ0) is 13.6. The van der Waals surface area contributed by atoms with Crippen LogP contribution in [0, 0.1) is 11.2 Å². The topological polar surface area (TPSA) is 15.3 Å². The number of rotatable bonds is 7. The summed E-state index contributed by atoms with van der Waals surface area (Å²) >= 11 is 0. The number of benzene rings is 1. The number of hydrogen-bond donors (Lipinski definition) is 1. The minimum absolute atomic E-state index is 0.115. The summed E-state index contributed by atoms with van der Waals surface area (Å²) in [6.45, 7) is 7.06. The SMILES string of the molecule is CCC(C)(CNC)CN(C)Cc1ccccc1F. The Hall–Kier alpha value is -0.930. The molecule has 0 saturated heterocycles. The molecule has 0 fully saturated rings. The van der Waals surface area contributed by atoms with Gasteiger partial charge in [-0.3, -0.25) is 0 Å². The molecule has 1 aromatic rings. The van der Waals surface area contributed by atoms with E-state index in [1.807, 2.05) is 19.2 Å². The molecule has 1 N–H and O–H groups in total. The highest BCUT2D eigenvalue weighted by atomic mass is 19.1. The Kier molecular flexibility index (Phi) is 5.76. The predicted molar refractivity (Wildman–Crippen MR) is 75.1 cm³/mol. The monoisotopic (exact) mass is 252 g/mol. The lowest BCUT2D eigenvalue weighted by atomic mass is 9.87. The van der Waals surface area contributed by atoms with E-state index in [-0.39, 0.29) is 11.2 Å². The molecule has 0 spiro atoms. The number of halogens is 1. The van der Waals surface area contributed by atoms with Crippen molar-refractivity contribution in [2.45, 2.75) is 26.8 Å². The van der Waals surface area contributed by atoms with Crippen LogP contribution in [0.5, 0.6) is 0 Å². The third-order valence-corrected chi connectivity index (χ3v) is 3.51. The predicted octanol–water partition coefficient (Wildman–Crippen LogP) is 2.89. The van der Waals surface area contributed by atoms with E-state index in [9.17, 15) is 4.39 Å². The number of nitrogens with zero attached hydrogens (tertiary/aromatic N) is 1. The zero-order valence-electron chi connectivity index (χ0n) is 12.0. The lowest BCUT2D eigenvalue weighted by Gasteiger charge is -2.33. The van der Waals surface area contributed by atoms with Crippen molar-refractivity contribution in [2.75, 3.05) is 27.2 Å². The van der Waals surface area contributed by atoms with Crippen molar-refractivity contribution in [2.24, 2.45) is 5.41 Å². The van der Waals surface area contributed by atoms with E-state index in [0.717, 1.165) is 25.1 Å². The molecular weight excluding hydrogens is 227 g/mol. The Morgan fingerprint density at radius 2 is 2.00 bits per heavy atom. The number of nitrogens with one attached hydrogen (secondary N) is 1. The Morgan fingerprint density at radius 1 is 1.33 bits per heavy atom. The van der Waals surface area contributed by atoms with Crippen LogP contribution in [0.15, 0.2) is 24.3 Å². The summed E-state index contributed by atoms with van der Waals surface area (Å²) in [7, 11) is 4.03. The van der Waals surface area contributed by atoms with Crippen LogP contribution in [0.25, 0.3) is 0 Å².